The Kier molecular flexibility index (Phi) is 5.74. The number of carbonyl (C=O) groups excluding carboxylic acids is 1. The zero-order valence-corrected chi connectivity index (χ0v) is 12.4. The summed E-state index contributed by atoms with van der Waals surface area (Å²) in [6, 6.07) is 4.27. The third-order valence-electron chi connectivity index (χ3n) is 3.27. The summed E-state index contributed by atoms with van der Waals surface area (Å²) in [5.74, 6) is -0.341. The van der Waals surface area contributed by atoms with E-state index in [4.69, 9.17) is 11.6 Å². The highest BCUT2D eigenvalue weighted by atomic mass is 35.5. The molecular weight excluding hydrogens is 305 g/mol. The van der Waals surface area contributed by atoms with Crippen molar-refractivity contribution in [2.75, 3.05) is 20.1 Å². The van der Waals surface area contributed by atoms with Crippen molar-refractivity contribution in [3.63, 3.8) is 0 Å². The molecule has 1 aromatic carbocycles. The normalized spacial score (nSPS) is 17.7. The predicted octanol–water partition coefficient (Wildman–Crippen LogP) is 2.10. The lowest BCUT2D eigenvalue weighted by molar-refractivity contribution is -0.385. The lowest BCUT2D eigenvalue weighted by atomic mass is 10.1. The number of nitrogens with one attached hydrogen (secondary N) is 1. The predicted molar refractivity (Wildman–Crippen MR) is 78.7 cm³/mol. The van der Waals surface area contributed by atoms with Gasteiger partial charge in [0.25, 0.3) is 11.6 Å². The summed E-state index contributed by atoms with van der Waals surface area (Å²) in [7, 11) is 1.83. The molecule has 0 saturated carbocycles. The van der Waals surface area contributed by atoms with Crippen LogP contribution in [0.5, 0.6) is 0 Å². The number of nitro benzene ring substituents is 1. The number of nitrogens with zero attached hydrogens (tertiary/aromatic N) is 2. The molecule has 0 bridgehead atoms. The Morgan fingerprint density at radius 1 is 1.55 bits per heavy atom. The van der Waals surface area contributed by atoms with Gasteiger partial charge in [0.05, 0.1) is 4.92 Å². The van der Waals surface area contributed by atoms with Crippen molar-refractivity contribution in [2.24, 2.45) is 0 Å². The average molecular weight is 320 g/mol. The van der Waals surface area contributed by atoms with Crippen LogP contribution in [0, 0.1) is 10.1 Å². The second-order valence-electron chi connectivity index (χ2n) is 4.44. The summed E-state index contributed by atoms with van der Waals surface area (Å²) in [5, 5.41) is 14.4. The Labute approximate surface area is 127 Å². The first kappa shape index (κ1) is 16.7. The second-order valence-corrected chi connectivity index (χ2v) is 4.88. The number of nitro groups is 1. The molecule has 2 rings (SSSR count). The zero-order valence-electron chi connectivity index (χ0n) is 10.8. The fraction of sp³-hybridized carbons (Fsp3) is 0.417. The Balaban J connectivity index is 0.00000200. The van der Waals surface area contributed by atoms with Crippen molar-refractivity contribution in [2.45, 2.75) is 12.5 Å². The molecule has 1 fully saturated rings. The van der Waals surface area contributed by atoms with Gasteiger partial charge in [-0.1, -0.05) is 11.6 Å². The molecule has 1 N–H and O–H groups in total. The van der Waals surface area contributed by atoms with E-state index in [1.807, 2.05) is 7.05 Å². The fourth-order valence-corrected chi connectivity index (χ4v) is 2.36. The van der Waals surface area contributed by atoms with Crippen molar-refractivity contribution < 1.29 is 9.72 Å². The van der Waals surface area contributed by atoms with Gasteiger partial charge in [-0.05, 0) is 25.6 Å². The molecule has 0 aliphatic carbocycles. The van der Waals surface area contributed by atoms with Gasteiger partial charge in [0, 0.05) is 30.2 Å². The molecule has 0 aromatic heterocycles. The monoisotopic (exact) mass is 319 g/mol. The van der Waals surface area contributed by atoms with E-state index in [1.54, 1.807) is 4.90 Å². The minimum atomic E-state index is -0.560. The standard InChI is InChI=1S/C12H14ClN3O3.ClH/c1-14-9-4-5-15(7-9)12(17)10-6-8(13)2-3-11(10)16(18)19;/h2-3,6,9,14H,4-5,7H2,1H3;1H. The largest absolute Gasteiger partial charge is 0.337 e. The van der Waals surface area contributed by atoms with Gasteiger partial charge in [0.2, 0.25) is 0 Å². The molecule has 8 heteroatoms. The van der Waals surface area contributed by atoms with Gasteiger partial charge in [-0.25, -0.2) is 0 Å². The molecular formula is C12H15Cl2N3O3. The molecule has 1 aliphatic heterocycles. The third kappa shape index (κ3) is 3.39. The van der Waals surface area contributed by atoms with E-state index in [9.17, 15) is 14.9 Å². The molecule has 20 heavy (non-hydrogen) atoms. The Bertz CT molecular complexity index is 525. The van der Waals surface area contributed by atoms with Gasteiger partial charge in [0.1, 0.15) is 5.56 Å². The van der Waals surface area contributed by atoms with Gasteiger partial charge in [0.15, 0.2) is 0 Å². The Morgan fingerprint density at radius 3 is 2.80 bits per heavy atom. The average Bonchev–Trinajstić information content (AvgIpc) is 2.86. The number of benzene rings is 1. The van der Waals surface area contributed by atoms with Crippen molar-refractivity contribution in [3.8, 4) is 0 Å². The summed E-state index contributed by atoms with van der Waals surface area (Å²) < 4.78 is 0. The maximum absolute atomic E-state index is 12.3. The van der Waals surface area contributed by atoms with Crippen LogP contribution in [0.1, 0.15) is 16.8 Å². The van der Waals surface area contributed by atoms with Crippen molar-refractivity contribution in [3.05, 3.63) is 38.9 Å². The summed E-state index contributed by atoms with van der Waals surface area (Å²) in [6.45, 7) is 1.15. The number of carbonyl (C=O) groups is 1. The molecule has 1 saturated heterocycles. The smallest absolute Gasteiger partial charge is 0.282 e. The van der Waals surface area contributed by atoms with Crippen LogP contribution in [0.3, 0.4) is 0 Å². The van der Waals surface area contributed by atoms with Crippen molar-refractivity contribution in [1.82, 2.24) is 10.2 Å². The van der Waals surface area contributed by atoms with Crippen molar-refractivity contribution >= 4 is 35.6 Å². The first-order valence-corrected chi connectivity index (χ1v) is 6.31. The number of hydrogen-bond acceptors (Lipinski definition) is 4. The maximum Gasteiger partial charge on any atom is 0.282 e. The lowest BCUT2D eigenvalue weighted by Gasteiger charge is -2.16. The minimum absolute atomic E-state index is 0. The highest BCUT2D eigenvalue weighted by Gasteiger charge is 2.30. The van der Waals surface area contributed by atoms with Gasteiger partial charge in [-0.3, -0.25) is 14.9 Å². The van der Waals surface area contributed by atoms with Crippen LogP contribution in [0.2, 0.25) is 5.02 Å². The van der Waals surface area contributed by atoms with Crippen LogP contribution in [-0.4, -0.2) is 41.9 Å². The summed E-state index contributed by atoms with van der Waals surface area (Å²) in [6.07, 6.45) is 0.844. The zero-order chi connectivity index (χ0) is 14.0. The fourth-order valence-electron chi connectivity index (χ4n) is 2.19. The molecule has 6 nitrogen and oxygen atoms in total. The summed E-state index contributed by atoms with van der Waals surface area (Å²) in [5.41, 5.74) is -0.156. The number of likely N-dealkylation sites (tertiary alicyclic amines) is 1. The van der Waals surface area contributed by atoms with E-state index in [2.05, 4.69) is 5.32 Å². The highest BCUT2D eigenvalue weighted by Crippen LogP contribution is 2.25. The third-order valence-corrected chi connectivity index (χ3v) is 3.50. The molecule has 1 amide bonds. The second kappa shape index (κ2) is 6.88. The molecule has 1 aromatic rings. The maximum atomic E-state index is 12.3. The Morgan fingerprint density at radius 2 is 2.25 bits per heavy atom. The number of rotatable bonds is 3. The lowest BCUT2D eigenvalue weighted by Crippen LogP contribution is -2.33. The molecule has 1 unspecified atom stereocenters. The van der Waals surface area contributed by atoms with E-state index in [0.29, 0.717) is 18.1 Å². The van der Waals surface area contributed by atoms with Crippen LogP contribution in [0.25, 0.3) is 0 Å². The van der Waals surface area contributed by atoms with Crippen LogP contribution < -0.4 is 5.32 Å². The van der Waals surface area contributed by atoms with E-state index in [-0.39, 0.29) is 35.6 Å². The minimum Gasteiger partial charge on any atom is -0.337 e. The highest BCUT2D eigenvalue weighted by molar-refractivity contribution is 6.31. The first-order chi connectivity index (χ1) is 9.02. The summed E-state index contributed by atoms with van der Waals surface area (Å²) >= 11 is 5.82. The summed E-state index contributed by atoms with van der Waals surface area (Å²) in [4.78, 5) is 24.3. The van der Waals surface area contributed by atoms with E-state index in [1.165, 1.54) is 18.2 Å². The molecule has 1 aliphatic rings. The van der Waals surface area contributed by atoms with Crippen LogP contribution in [-0.2, 0) is 0 Å². The van der Waals surface area contributed by atoms with Gasteiger partial charge in [-0.15, -0.1) is 12.4 Å². The van der Waals surface area contributed by atoms with Crippen LogP contribution in [0.4, 0.5) is 5.69 Å². The molecule has 1 heterocycles. The number of amides is 1. The van der Waals surface area contributed by atoms with Gasteiger partial charge >= 0.3 is 0 Å². The van der Waals surface area contributed by atoms with Crippen molar-refractivity contribution in [1.29, 1.82) is 0 Å². The number of likely N-dealkylation sites (N-methyl/N-ethyl adjacent to an activating group) is 1. The van der Waals surface area contributed by atoms with E-state index < -0.39 is 4.92 Å². The molecule has 1 atom stereocenters. The first-order valence-electron chi connectivity index (χ1n) is 5.93. The molecule has 110 valence electrons. The van der Waals surface area contributed by atoms with E-state index >= 15 is 0 Å². The molecule has 0 spiro atoms. The molecule has 0 radical (unpaired) electrons. The SMILES string of the molecule is CNC1CCN(C(=O)c2cc(Cl)ccc2[N+](=O)[O-])C1.Cl. The van der Waals surface area contributed by atoms with Crippen LogP contribution >= 0.6 is 24.0 Å². The Hall–Kier alpha value is -1.37. The topological polar surface area (TPSA) is 75.5 Å². The number of hydrogen-bond donors (Lipinski definition) is 1. The van der Waals surface area contributed by atoms with Crippen LogP contribution in [0.15, 0.2) is 18.2 Å². The number of halogens is 2. The van der Waals surface area contributed by atoms with Gasteiger partial charge in [-0.2, -0.15) is 0 Å². The van der Waals surface area contributed by atoms with Gasteiger partial charge < -0.3 is 10.2 Å². The quantitative estimate of drug-likeness (QED) is 0.683. The van der Waals surface area contributed by atoms with E-state index in [0.717, 1.165) is 6.42 Å².